The summed E-state index contributed by atoms with van der Waals surface area (Å²) in [5, 5.41) is 0.953. The van der Waals surface area contributed by atoms with Crippen LogP contribution in [0.25, 0.3) is 11.0 Å². The molecular weight excluding hydrogens is 314 g/mol. The van der Waals surface area contributed by atoms with Crippen LogP contribution in [0.5, 0.6) is 0 Å². The molecule has 23 heavy (non-hydrogen) atoms. The molecule has 0 aliphatic carbocycles. The normalized spacial score (nSPS) is 13.0. The summed E-state index contributed by atoms with van der Waals surface area (Å²) in [4.78, 5) is 14.5. The van der Waals surface area contributed by atoms with E-state index in [4.69, 9.17) is 9.15 Å². The van der Waals surface area contributed by atoms with Crippen LogP contribution >= 0.6 is 12.4 Å². The largest absolute Gasteiger partial charge is 0.456 e. The van der Waals surface area contributed by atoms with Gasteiger partial charge in [0.15, 0.2) is 0 Å². The fraction of sp³-hybridized carbons (Fsp3) is 0.500. The van der Waals surface area contributed by atoms with Crippen molar-refractivity contribution < 1.29 is 13.9 Å². The van der Waals surface area contributed by atoms with Crippen molar-refractivity contribution >= 4 is 29.3 Å². The lowest BCUT2D eigenvalue weighted by molar-refractivity contribution is -0.00953. The zero-order chi connectivity index (χ0) is 16.5. The van der Waals surface area contributed by atoms with Crippen LogP contribution in [-0.2, 0) is 4.74 Å². The molecule has 2 aromatic rings. The summed E-state index contributed by atoms with van der Waals surface area (Å²) >= 11 is 0. The molecule has 1 aromatic heterocycles. The number of para-hydroxylation sites is 1. The number of hydrogen-bond acceptors (Lipinski definition) is 4. The number of esters is 1. The Hall–Kier alpha value is -1.52. The standard InChI is InChI=1S/C18H25NO3.ClH/c1-12-14-9-7-8-10-15(14)22-16(12)17(20)21-13(2)18(3,4)11-19(5)6;/h7-10,13H,11H2,1-6H3;1H. The van der Waals surface area contributed by atoms with Gasteiger partial charge in [0.25, 0.3) is 0 Å². The van der Waals surface area contributed by atoms with Crippen LogP contribution in [0.1, 0.15) is 36.9 Å². The molecule has 0 bridgehead atoms. The van der Waals surface area contributed by atoms with Crippen molar-refractivity contribution in [1.82, 2.24) is 4.90 Å². The SMILES string of the molecule is Cc1c(C(=O)OC(C)C(C)(C)CN(C)C)oc2ccccc12.Cl. The quantitative estimate of drug-likeness (QED) is 0.762. The number of rotatable bonds is 5. The molecule has 0 fully saturated rings. The lowest BCUT2D eigenvalue weighted by Crippen LogP contribution is -2.39. The summed E-state index contributed by atoms with van der Waals surface area (Å²) in [6.45, 7) is 8.84. The van der Waals surface area contributed by atoms with Gasteiger partial charge >= 0.3 is 5.97 Å². The Bertz CT molecular complexity index is 676. The molecule has 0 saturated heterocycles. The number of aryl methyl sites for hydroxylation is 1. The van der Waals surface area contributed by atoms with E-state index >= 15 is 0 Å². The van der Waals surface area contributed by atoms with Gasteiger partial charge in [0.05, 0.1) is 0 Å². The average Bonchev–Trinajstić information content (AvgIpc) is 2.75. The van der Waals surface area contributed by atoms with Crippen molar-refractivity contribution in [1.29, 1.82) is 0 Å². The number of halogens is 1. The van der Waals surface area contributed by atoms with Crippen molar-refractivity contribution in [3.63, 3.8) is 0 Å². The fourth-order valence-electron chi connectivity index (χ4n) is 2.69. The minimum Gasteiger partial charge on any atom is -0.456 e. The molecule has 0 saturated carbocycles. The van der Waals surface area contributed by atoms with Gasteiger partial charge in [0, 0.05) is 22.9 Å². The molecular formula is C18H26ClNO3. The zero-order valence-electron chi connectivity index (χ0n) is 14.7. The predicted octanol–water partition coefficient (Wildman–Crippen LogP) is 4.30. The third kappa shape index (κ3) is 4.27. The van der Waals surface area contributed by atoms with Gasteiger partial charge in [-0.15, -0.1) is 12.4 Å². The lowest BCUT2D eigenvalue weighted by Gasteiger charge is -2.33. The Morgan fingerprint density at radius 2 is 1.91 bits per heavy atom. The Morgan fingerprint density at radius 3 is 2.48 bits per heavy atom. The van der Waals surface area contributed by atoms with Crippen LogP contribution in [0.2, 0.25) is 0 Å². The van der Waals surface area contributed by atoms with Crippen molar-refractivity contribution in [2.24, 2.45) is 5.41 Å². The van der Waals surface area contributed by atoms with Crippen molar-refractivity contribution in [2.75, 3.05) is 20.6 Å². The second-order valence-corrected chi connectivity index (χ2v) is 6.83. The van der Waals surface area contributed by atoms with Crippen LogP contribution in [0.3, 0.4) is 0 Å². The summed E-state index contributed by atoms with van der Waals surface area (Å²) in [5.41, 5.74) is 1.41. The van der Waals surface area contributed by atoms with E-state index in [0.29, 0.717) is 11.3 Å². The molecule has 0 radical (unpaired) electrons. The molecule has 128 valence electrons. The monoisotopic (exact) mass is 339 g/mol. The van der Waals surface area contributed by atoms with Gasteiger partial charge in [-0.25, -0.2) is 4.79 Å². The number of furan rings is 1. The molecule has 0 spiro atoms. The van der Waals surface area contributed by atoms with Gasteiger partial charge in [-0.3, -0.25) is 0 Å². The maximum absolute atomic E-state index is 12.4. The number of fused-ring (bicyclic) bond motifs is 1. The number of nitrogens with zero attached hydrogens (tertiary/aromatic N) is 1. The molecule has 4 nitrogen and oxygen atoms in total. The van der Waals surface area contributed by atoms with E-state index < -0.39 is 5.97 Å². The first-order valence-corrected chi connectivity index (χ1v) is 7.56. The summed E-state index contributed by atoms with van der Waals surface area (Å²) in [6.07, 6.45) is -0.213. The molecule has 0 N–H and O–H groups in total. The molecule has 0 aliphatic heterocycles. The summed E-state index contributed by atoms with van der Waals surface area (Å²) in [5.74, 6) is -0.0956. The highest BCUT2D eigenvalue weighted by Gasteiger charge is 2.31. The lowest BCUT2D eigenvalue weighted by atomic mass is 9.87. The highest BCUT2D eigenvalue weighted by molar-refractivity contribution is 5.95. The highest BCUT2D eigenvalue weighted by atomic mass is 35.5. The summed E-state index contributed by atoms with van der Waals surface area (Å²) < 4.78 is 11.3. The van der Waals surface area contributed by atoms with Crippen molar-refractivity contribution in [3.05, 3.63) is 35.6 Å². The Morgan fingerprint density at radius 1 is 1.30 bits per heavy atom. The Balaban J connectivity index is 0.00000264. The topological polar surface area (TPSA) is 42.7 Å². The molecule has 5 heteroatoms. The van der Waals surface area contributed by atoms with Gasteiger partial charge in [-0.05, 0) is 34.0 Å². The molecule has 0 amide bonds. The van der Waals surface area contributed by atoms with Crippen molar-refractivity contribution in [3.8, 4) is 0 Å². The van der Waals surface area contributed by atoms with E-state index in [-0.39, 0.29) is 23.9 Å². The Kier molecular flexibility index (Phi) is 6.25. The molecule has 0 aliphatic rings. The molecule has 1 atom stereocenters. The van der Waals surface area contributed by atoms with E-state index in [1.807, 2.05) is 52.2 Å². The molecule has 1 unspecified atom stereocenters. The number of ether oxygens (including phenoxy) is 1. The first-order chi connectivity index (χ1) is 10.2. The van der Waals surface area contributed by atoms with Gasteiger partial charge in [0.2, 0.25) is 5.76 Å². The van der Waals surface area contributed by atoms with Crippen molar-refractivity contribution in [2.45, 2.75) is 33.8 Å². The number of hydrogen-bond donors (Lipinski definition) is 0. The zero-order valence-corrected chi connectivity index (χ0v) is 15.5. The Labute approximate surface area is 144 Å². The third-order valence-electron chi connectivity index (χ3n) is 4.14. The molecule has 1 aromatic carbocycles. The minimum atomic E-state index is -0.395. The van der Waals surface area contributed by atoms with E-state index in [2.05, 4.69) is 18.7 Å². The number of carbonyl (C=O) groups excluding carboxylic acids is 1. The van der Waals surface area contributed by atoms with Gasteiger partial charge in [-0.2, -0.15) is 0 Å². The first-order valence-electron chi connectivity index (χ1n) is 7.56. The summed E-state index contributed by atoms with van der Waals surface area (Å²) in [6, 6.07) is 7.63. The second kappa shape index (κ2) is 7.37. The van der Waals surface area contributed by atoms with E-state index in [1.54, 1.807) is 0 Å². The van der Waals surface area contributed by atoms with E-state index in [1.165, 1.54) is 0 Å². The number of benzene rings is 1. The molecule has 2 rings (SSSR count). The second-order valence-electron chi connectivity index (χ2n) is 6.83. The van der Waals surface area contributed by atoms with Crippen LogP contribution in [-0.4, -0.2) is 37.6 Å². The third-order valence-corrected chi connectivity index (χ3v) is 4.14. The average molecular weight is 340 g/mol. The van der Waals surface area contributed by atoms with Gasteiger partial charge in [0.1, 0.15) is 11.7 Å². The van der Waals surface area contributed by atoms with Crippen LogP contribution in [0.15, 0.2) is 28.7 Å². The molecule has 1 heterocycles. The van der Waals surface area contributed by atoms with Gasteiger partial charge in [-0.1, -0.05) is 32.0 Å². The van der Waals surface area contributed by atoms with Gasteiger partial charge < -0.3 is 14.1 Å². The summed E-state index contributed by atoms with van der Waals surface area (Å²) in [7, 11) is 4.03. The van der Waals surface area contributed by atoms with E-state index in [9.17, 15) is 4.79 Å². The van der Waals surface area contributed by atoms with Crippen LogP contribution < -0.4 is 0 Å². The van der Waals surface area contributed by atoms with Crippen LogP contribution in [0.4, 0.5) is 0 Å². The first kappa shape index (κ1) is 19.5. The van der Waals surface area contributed by atoms with Crippen LogP contribution in [0, 0.1) is 12.3 Å². The highest BCUT2D eigenvalue weighted by Crippen LogP contribution is 2.28. The maximum Gasteiger partial charge on any atom is 0.374 e. The maximum atomic E-state index is 12.4. The smallest absolute Gasteiger partial charge is 0.374 e. The number of carbonyl (C=O) groups is 1. The van der Waals surface area contributed by atoms with E-state index in [0.717, 1.165) is 17.5 Å². The predicted molar refractivity (Wildman–Crippen MR) is 95.4 cm³/mol. The minimum absolute atomic E-state index is 0. The fourth-order valence-corrected chi connectivity index (χ4v) is 2.69.